The molecule has 0 saturated carbocycles. The third-order valence-electron chi connectivity index (χ3n) is 2.36. The van der Waals surface area contributed by atoms with Crippen molar-refractivity contribution in [2.75, 3.05) is 0 Å². The molecule has 0 amide bonds. The normalized spacial score (nSPS) is 13.8. The lowest BCUT2D eigenvalue weighted by Crippen LogP contribution is -2.26. The van der Waals surface area contributed by atoms with Gasteiger partial charge in [-0.25, -0.2) is 0 Å². The number of carbonyl (C=O) groups is 1. The quantitative estimate of drug-likeness (QED) is 0.608. The van der Waals surface area contributed by atoms with E-state index in [4.69, 9.17) is 4.43 Å². The number of carbonyl (C=O) groups excluding carboxylic acids is 1. The van der Waals surface area contributed by atoms with Crippen molar-refractivity contribution in [3.8, 4) is 0 Å². The molecule has 0 spiro atoms. The van der Waals surface area contributed by atoms with Gasteiger partial charge < -0.3 is 4.43 Å². The SMILES string of the molecule is C[Si](C)OC(c1cncc(C=O)c1)C(C)(C)C. The average molecular weight is 250 g/mol. The Morgan fingerprint density at radius 3 is 2.47 bits per heavy atom. The van der Waals surface area contributed by atoms with Crippen molar-refractivity contribution in [2.45, 2.75) is 40.0 Å². The number of hydrogen-bond donors (Lipinski definition) is 0. The summed E-state index contributed by atoms with van der Waals surface area (Å²) in [6, 6.07) is 1.86. The maximum atomic E-state index is 10.8. The third kappa shape index (κ3) is 4.05. The van der Waals surface area contributed by atoms with Crippen molar-refractivity contribution in [1.82, 2.24) is 4.98 Å². The minimum absolute atomic E-state index is 0.00881. The van der Waals surface area contributed by atoms with Crippen LogP contribution < -0.4 is 0 Å². The second-order valence-electron chi connectivity index (χ2n) is 5.44. The molecule has 0 N–H and O–H groups in total. The summed E-state index contributed by atoms with van der Waals surface area (Å²) in [4.78, 5) is 14.9. The first-order valence-corrected chi connectivity index (χ1v) is 8.12. The van der Waals surface area contributed by atoms with Gasteiger partial charge in [0.15, 0.2) is 6.29 Å². The smallest absolute Gasteiger partial charge is 0.205 e. The van der Waals surface area contributed by atoms with Crippen LogP contribution in [0, 0.1) is 5.41 Å². The second-order valence-corrected chi connectivity index (χ2v) is 7.49. The van der Waals surface area contributed by atoms with Gasteiger partial charge in [-0.2, -0.15) is 0 Å². The van der Waals surface area contributed by atoms with Gasteiger partial charge in [0.05, 0.1) is 6.10 Å². The van der Waals surface area contributed by atoms with Crippen molar-refractivity contribution in [3.05, 3.63) is 29.6 Å². The predicted molar refractivity (Wildman–Crippen MR) is 70.4 cm³/mol. The highest BCUT2D eigenvalue weighted by Crippen LogP contribution is 2.36. The van der Waals surface area contributed by atoms with Crippen LogP contribution in [0.15, 0.2) is 18.5 Å². The summed E-state index contributed by atoms with van der Waals surface area (Å²) in [5.74, 6) is 0. The fraction of sp³-hybridized carbons (Fsp3) is 0.538. The maximum Gasteiger partial charge on any atom is 0.205 e. The fourth-order valence-electron chi connectivity index (χ4n) is 1.66. The molecule has 1 atom stereocenters. The Balaban J connectivity index is 3.08. The molecule has 1 rings (SSSR count). The van der Waals surface area contributed by atoms with Gasteiger partial charge in [-0.05, 0) is 30.1 Å². The molecule has 0 aliphatic heterocycles. The second kappa shape index (κ2) is 5.56. The number of rotatable bonds is 4. The molecule has 1 aromatic heterocycles. The van der Waals surface area contributed by atoms with Gasteiger partial charge in [-0.1, -0.05) is 20.8 Å². The largest absolute Gasteiger partial charge is 0.410 e. The van der Waals surface area contributed by atoms with E-state index in [1.165, 1.54) is 0 Å². The van der Waals surface area contributed by atoms with Crippen LogP contribution in [0.5, 0.6) is 0 Å². The standard InChI is InChI=1S/C13H20NO2Si/c1-13(2,3)12(16-17(4)5)11-6-10(9-15)7-14-8-11/h6-9,12H,1-5H3. The van der Waals surface area contributed by atoms with Crippen LogP contribution in [0.2, 0.25) is 13.1 Å². The Bertz CT molecular complexity index is 385. The van der Waals surface area contributed by atoms with E-state index in [2.05, 4.69) is 38.8 Å². The van der Waals surface area contributed by atoms with Crippen LogP contribution >= 0.6 is 0 Å². The van der Waals surface area contributed by atoms with Gasteiger partial charge in [0, 0.05) is 18.0 Å². The lowest BCUT2D eigenvalue weighted by Gasteiger charge is -2.32. The maximum absolute atomic E-state index is 10.8. The molecule has 1 heterocycles. The van der Waals surface area contributed by atoms with Crippen LogP contribution in [-0.4, -0.2) is 20.3 Å². The summed E-state index contributed by atoms with van der Waals surface area (Å²) in [7, 11) is -0.798. The molecule has 0 aliphatic carbocycles. The lowest BCUT2D eigenvalue weighted by atomic mass is 9.85. The molecule has 0 aromatic carbocycles. The highest BCUT2D eigenvalue weighted by atomic mass is 28.3. The first-order valence-electron chi connectivity index (χ1n) is 5.71. The van der Waals surface area contributed by atoms with Gasteiger partial charge in [0.2, 0.25) is 9.04 Å². The monoisotopic (exact) mass is 250 g/mol. The van der Waals surface area contributed by atoms with Gasteiger partial charge in [-0.15, -0.1) is 0 Å². The first-order chi connectivity index (χ1) is 7.84. The highest BCUT2D eigenvalue weighted by molar-refractivity contribution is 6.48. The molecule has 3 nitrogen and oxygen atoms in total. The van der Waals surface area contributed by atoms with Gasteiger partial charge >= 0.3 is 0 Å². The Morgan fingerprint density at radius 1 is 1.35 bits per heavy atom. The summed E-state index contributed by atoms with van der Waals surface area (Å²) in [6.45, 7) is 10.6. The van der Waals surface area contributed by atoms with E-state index in [1.807, 2.05) is 6.07 Å². The summed E-state index contributed by atoms with van der Waals surface area (Å²) >= 11 is 0. The molecular formula is C13H20NO2Si. The molecule has 1 unspecified atom stereocenters. The van der Waals surface area contributed by atoms with Gasteiger partial charge in [0.25, 0.3) is 0 Å². The molecular weight excluding hydrogens is 230 g/mol. The number of hydrogen-bond acceptors (Lipinski definition) is 3. The summed E-state index contributed by atoms with van der Waals surface area (Å²) in [5.41, 5.74) is 1.57. The van der Waals surface area contributed by atoms with Crippen molar-refractivity contribution < 1.29 is 9.22 Å². The van der Waals surface area contributed by atoms with E-state index in [-0.39, 0.29) is 11.5 Å². The zero-order chi connectivity index (χ0) is 13.1. The van der Waals surface area contributed by atoms with E-state index >= 15 is 0 Å². The predicted octanol–water partition coefficient (Wildman–Crippen LogP) is 3.25. The van der Waals surface area contributed by atoms with E-state index in [0.717, 1.165) is 11.8 Å². The Kier molecular flexibility index (Phi) is 4.59. The van der Waals surface area contributed by atoms with Crippen LogP contribution in [0.1, 0.15) is 42.8 Å². The molecule has 1 radical (unpaired) electrons. The zero-order valence-electron chi connectivity index (χ0n) is 11.2. The molecule has 93 valence electrons. The number of nitrogens with zero attached hydrogens (tertiary/aromatic N) is 1. The van der Waals surface area contributed by atoms with Crippen LogP contribution in [-0.2, 0) is 4.43 Å². The van der Waals surface area contributed by atoms with Crippen molar-refractivity contribution >= 4 is 15.3 Å². The van der Waals surface area contributed by atoms with Crippen LogP contribution in [0.25, 0.3) is 0 Å². The lowest BCUT2D eigenvalue weighted by molar-refractivity contribution is 0.0861. The minimum Gasteiger partial charge on any atom is -0.410 e. The van der Waals surface area contributed by atoms with Crippen molar-refractivity contribution in [2.24, 2.45) is 5.41 Å². The molecule has 0 fully saturated rings. The van der Waals surface area contributed by atoms with E-state index in [9.17, 15) is 4.79 Å². The van der Waals surface area contributed by atoms with Crippen molar-refractivity contribution in [1.29, 1.82) is 0 Å². The summed E-state index contributed by atoms with van der Waals surface area (Å²) in [5, 5.41) is 0. The highest BCUT2D eigenvalue weighted by Gasteiger charge is 2.28. The number of aldehydes is 1. The van der Waals surface area contributed by atoms with Crippen LogP contribution in [0.3, 0.4) is 0 Å². The van der Waals surface area contributed by atoms with E-state index in [0.29, 0.717) is 5.56 Å². The fourth-order valence-corrected chi connectivity index (χ4v) is 2.63. The van der Waals surface area contributed by atoms with E-state index in [1.54, 1.807) is 12.4 Å². The molecule has 0 bridgehead atoms. The summed E-state index contributed by atoms with van der Waals surface area (Å²) < 4.78 is 6.05. The van der Waals surface area contributed by atoms with Crippen LogP contribution in [0.4, 0.5) is 0 Å². The number of aromatic nitrogens is 1. The molecule has 1 aromatic rings. The zero-order valence-corrected chi connectivity index (χ0v) is 12.2. The molecule has 17 heavy (non-hydrogen) atoms. The molecule has 0 aliphatic rings. The first kappa shape index (κ1) is 14.1. The minimum atomic E-state index is -0.798. The average Bonchev–Trinajstić information content (AvgIpc) is 2.24. The van der Waals surface area contributed by atoms with Gasteiger partial charge in [-0.3, -0.25) is 9.78 Å². The Morgan fingerprint density at radius 2 is 2.00 bits per heavy atom. The Hall–Kier alpha value is -1.00. The molecule has 4 heteroatoms. The summed E-state index contributed by atoms with van der Waals surface area (Å²) in [6.07, 6.45) is 4.16. The topological polar surface area (TPSA) is 39.2 Å². The van der Waals surface area contributed by atoms with Crippen molar-refractivity contribution in [3.63, 3.8) is 0 Å². The number of pyridine rings is 1. The van der Waals surface area contributed by atoms with E-state index < -0.39 is 9.04 Å². The molecule has 0 saturated heterocycles. The Labute approximate surface area is 105 Å². The third-order valence-corrected chi connectivity index (χ3v) is 3.07. The van der Waals surface area contributed by atoms with Gasteiger partial charge in [0.1, 0.15) is 0 Å².